The second-order valence-corrected chi connectivity index (χ2v) is 5.80. The molecule has 0 aliphatic rings. The maximum absolute atomic E-state index is 6.11. The monoisotopic (exact) mass is 283 g/mol. The molecule has 0 radical (unpaired) electrons. The molecule has 1 atom stereocenters. The normalized spacial score (nSPS) is 12.0. The van der Waals surface area contributed by atoms with Crippen molar-refractivity contribution in [3.63, 3.8) is 0 Å². The van der Waals surface area contributed by atoms with Crippen molar-refractivity contribution in [3.8, 4) is 5.75 Å². The summed E-state index contributed by atoms with van der Waals surface area (Å²) in [5, 5.41) is 3.52. The molecule has 2 nitrogen and oxygen atoms in total. The van der Waals surface area contributed by atoms with Crippen molar-refractivity contribution in [1.82, 2.24) is 0 Å². The van der Waals surface area contributed by atoms with E-state index in [1.807, 2.05) is 0 Å². The molecule has 2 aromatic rings. The molecular weight excluding hydrogens is 258 g/mol. The summed E-state index contributed by atoms with van der Waals surface area (Å²) >= 11 is 0. The third-order valence-corrected chi connectivity index (χ3v) is 3.78. The number of nitrogens with one attached hydrogen (secondary N) is 1. The van der Waals surface area contributed by atoms with Crippen LogP contribution in [0.25, 0.3) is 0 Å². The van der Waals surface area contributed by atoms with Crippen LogP contribution in [0, 0.1) is 27.7 Å². The van der Waals surface area contributed by atoms with Crippen molar-refractivity contribution < 1.29 is 4.74 Å². The smallest absolute Gasteiger partial charge is 0.125 e. The van der Waals surface area contributed by atoms with E-state index in [2.05, 4.69) is 76.3 Å². The average molecular weight is 283 g/mol. The Kier molecular flexibility index (Phi) is 4.89. The molecule has 1 unspecified atom stereocenters. The predicted octanol–water partition coefficient (Wildman–Crippen LogP) is 4.80. The molecule has 0 aromatic heterocycles. The Hall–Kier alpha value is -1.96. The van der Waals surface area contributed by atoms with Crippen molar-refractivity contribution in [3.05, 3.63) is 58.7 Å². The van der Waals surface area contributed by atoms with Gasteiger partial charge in [0, 0.05) is 5.69 Å². The summed E-state index contributed by atoms with van der Waals surface area (Å²) in [7, 11) is 0. The number of benzene rings is 2. The zero-order valence-electron chi connectivity index (χ0n) is 13.7. The third kappa shape index (κ3) is 3.78. The molecule has 2 aromatic carbocycles. The summed E-state index contributed by atoms with van der Waals surface area (Å²) in [6, 6.07) is 12.6. The second kappa shape index (κ2) is 6.66. The summed E-state index contributed by atoms with van der Waals surface area (Å²) in [4.78, 5) is 0. The van der Waals surface area contributed by atoms with Crippen molar-refractivity contribution in [2.24, 2.45) is 0 Å². The van der Waals surface area contributed by atoms with Crippen LogP contribution in [0.4, 0.5) is 5.69 Å². The van der Waals surface area contributed by atoms with E-state index >= 15 is 0 Å². The highest BCUT2D eigenvalue weighted by Crippen LogP contribution is 2.24. The van der Waals surface area contributed by atoms with Gasteiger partial charge in [-0.15, -0.1) is 0 Å². The van der Waals surface area contributed by atoms with Gasteiger partial charge in [-0.2, -0.15) is 0 Å². The maximum atomic E-state index is 6.11. The molecular formula is C19H25NO. The third-order valence-electron chi connectivity index (χ3n) is 3.78. The van der Waals surface area contributed by atoms with E-state index in [1.54, 1.807) is 0 Å². The molecule has 0 spiro atoms. The summed E-state index contributed by atoms with van der Waals surface area (Å²) < 4.78 is 6.11. The average Bonchev–Trinajstić information content (AvgIpc) is 2.42. The van der Waals surface area contributed by atoms with Crippen molar-refractivity contribution in [2.75, 3.05) is 11.9 Å². The van der Waals surface area contributed by atoms with Crippen LogP contribution in [0.15, 0.2) is 36.4 Å². The molecule has 1 N–H and O–H groups in total. The van der Waals surface area contributed by atoms with Crippen molar-refractivity contribution in [2.45, 2.75) is 40.7 Å². The van der Waals surface area contributed by atoms with Gasteiger partial charge in [0.15, 0.2) is 0 Å². The van der Waals surface area contributed by atoms with Crippen molar-refractivity contribution in [1.29, 1.82) is 0 Å². The zero-order valence-corrected chi connectivity index (χ0v) is 13.7. The molecule has 0 saturated carbocycles. The molecule has 2 rings (SSSR count). The first-order valence-electron chi connectivity index (χ1n) is 7.52. The van der Waals surface area contributed by atoms with Crippen LogP contribution in [0.2, 0.25) is 0 Å². The van der Waals surface area contributed by atoms with Gasteiger partial charge in [-0.05, 0) is 56.9 Å². The fourth-order valence-corrected chi connectivity index (χ4v) is 2.57. The second-order valence-electron chi connectivity index (χ2n) is 5.80. The van der Waals surface area contributed by atoms with E-state index in [9.17, 15) is 0 Å². The highest BCUT2D eigenvalue weighted by Gasteiger charge is 2.10. The number of anilines is 1. The SMILES string of the molecule is Cc1cccc(C)c1NCC(C)Oc1c(C)cccc1C. The Labute approximate surface area is 128 Å². The first-order valence-corrected chi connectivity index (χ1v) is 7.52. The molecule has 0 heterocycles. The Bertz CT molecular complexity index is 578. The molecule has 21 heavy (non-hydrogen) atoms. The minimum Gasteiger partial charge on any atom is -0.488 e. The zero-order chi connectivity index (χ0) is 15.4. The molecule has 0 fully saturated rings. The molecule has 0 amide bonds. The highest BCUT2D eigenvalue weighted by molar-refractivity contribution is 5.56. The molecule has 2 heteroatoms. The van der Waals surface area contributed by atoms with Crippen LogP contribution >= 0.6 is 0 Å². The van der Waals surface area contributed by atoms with E-state index in [0.29, 0.717) is 0 Å². The molecule has 0 saturated heterocycles. The van der Waals surface area contributed by atoms with Crippen LogP contribution in [-0.2, 0) is 0 Å². The molecule has 0 bridgehead atoms. The topological polar surface area (TPSA) is 21.3 Å². The summed E-state index contributed by atoms with van der Waals surface area (Å²) in [5.41, 5.74) is 6.14. The fraction of sp³-hybridized carbons (Fsp3) is 0.368. The summed E-state index contributed by atoms with van der Waals surface area (Å²) in [6.07, 6.45) is 0.115. The largest absolute Gasteiger partial charge is 0.488 e. The van der Waals surface area contributed by atoms with Crippen LogP contribution in [-0.4, -0.2) is 12.6 Å². The van der Waals surface area contributed by atoms with Crippen LogP contribution in [0.5, 0.6) is 5.75 Å². The number of aryl methyl sites for hydroxylation is 4. The quantitative estimate of drug-likeness (QED) is 0.851. The Morgan fingerprint density at radius 2 is 1.33 bits per heavy atom. The lowest BCUT2D eigenvalue weighted by Crippen LogP contribution is -2.24. The number of rotatable bonds is 5. The Morgan fingerprint density at radius 1 is 0.857 bits per heavy atom. The first-order chi connectivity index (χ1) is 9.99. The Morgan fingerprint density at radius 3 is 1.86 bits per heavy atom. The van der Waals surface area contributed by atoms with Gasteiger partial charge in [0.05, 0.1) is 6.54 Å². The minimum absolute atomic E-state index is 0.115. The minimum atomic E-state index is 0.115. The van der Waals surface area contributed by atoms with Crippen molar-refractivity contribution >= 4 is 5.69 Å². The van der Waals surface area contributed by atoms with Crippen LogP contribution in [0.3, 0.4) is 0 Å². The van der Waals surface area contributed by atoms with Gasteiger partial charge in [-0.1, -0.05) is 36.4 Å². The van der Waals surface area contributed by atoms with Crippen LogP contribution in [0.1, 0.15) is 29.2 Å². The summed E-state index contributed by atoms with van der Waals surface area (Å²) in [5.74, 6) is 1.01. The number of ether oxygens (including phenoxy) is 1. The molecule has 112 valence electrons. The number of para-hydroxylation sites is 2. The standard InChI is InChI=1S/C19H25NO/c1-13-8-6-9-14(2)18(13)20-12-17(5)21-19-15(3)10-7-11-16(19)4/h6-11,17,20H,12H2,1-5H3. The van der Waals surface area contributed by atoms with Gasteiger partial charge in [0.25, 0.3) is 0 Å². The summed E-state index contributed by atoms with van der Waals surface area (Å²) in [6.45, 7) is 11.3. The van der Waals surface area contributed by atoms with Gasteiger partial charge in [0.1, 0.15) is 11.9 Å². The lowest BCUT2D eigenvalue weighted by molar-refractivity contribution is 0.231. The van der Waals surface area contributed by atoms with Gasteiger partial charge < -0.3 is 10.1 Å². The lowest BCUT2D eigenvalue weighted by atomic mass is 10.1. The van der Waals surface area contributed by atoms with Gasteiger partial charge >= 0.3 is 0 Å². The van der Waals surface area contributed by atoms with E-state index in [-0.39, 0.29) is 6.10 Å². The van der Waals surface area contributed by atoms with Gasteiger partial charge in [-0.3, -0.25) is 0 Å². The first kappa shape index (κ1) is 15.4. The number of hydrogen-bond donors (Lipinski definition) is 1. The van der Waals surface area contributed by atoms with Gasteiger partial charge in [-0.25, -0.2) is 0 Å². The fourth-order valence-electron chi connectivity index (χ4n) is 2.57. The van der Waals surface area contributed by atoms with E-state index in [4.69, 9.17) is 4.74 Å². The van der Waals surface area contributed by atoms with E-state index < -0.39 is 0 Å². The highest BCUT2D eigenvalue weighted by atomic mass is 16.5. The molecule has 0 aliphatic heterocycles. The maximum Gasteiger partial charge on any atom is 0.125 e. The van der Waals surface area contributed by atoms with Crippen LogP contribution < -0.4 is 10.1 Å². The molecule has 0 aliphatic carbocycles. The van der Waals surface area contributed by atoms with Gasteiger partial charge in [0.2, 0.25) is 0 Å². The van der Waals surface area contributed by atoms with E-state index in [0.717, 1.165) is 12.3 Å². The predicted molar refractivity (Wildman–Crippen MR) is 90.4 cm³/mol. The number of hydrogen-bond acceptors (Lipinski definition) is 2. The Balaban J connectivity index is 2.01. The van der Waals surface area contributed by atoms with E-state index in [1.165, 1.54) is 27.9 Å². The lowest BCUT2D eigenvalue weighted by Gasteiger charge is -2.20.